The molecule has 0 heterocycles. The smallest absolute Gasteiger partial charge is 0.251 e. The van der Waals surface area contributed by atoms with Gasteiger partial charge in [0.15, 0.2) is 0 Å². The molecular weight excluding hydrogens is 378 g/mol. The van der Waals surface area contributed by atoms with Gasteiger partial charge in [-0.3, -0.25) is 14.4 Å². The van der Waals surface area contributed by atoms with Gasteiger partial charge in [0.1, 0.15) is 0 Å². The first-order chi connectivity index (χ1) is 14.6. The molecule has 0 bridgehead atoms. The van der Waals surface area contributed by atoms with Crippen molar-refractivity contribution >= 4 is 17.7 Å². The maximum Gasteiger partial charge on any atom is 0.251 e. The largest absolute Gasteiger partial charge is 0.349 e. The van der Waals surface area contributed by atoms with Crippen LogP contribution >= 0.6 is 0 Å². The Morgan fingerprint density at radius 2 is 1.57 bits per heavy atom. The standard InChI is InChI=1S/C24H27N3O3/c28-22(14-17-4-2-1-3-5-17)25-15-23(29)27(21-12-13-21)16-18-6-8-19(9-7-18)24(30)26-20-10-11-20/h1-9,20-21H,10-16H2,(H,25,28)(H,26,30). The number of benzene rings is 2. The van der Waals surface area contributed by atoms with Gasteiger partial charge in [-0.05, 0) is 48.9 Å². The predicted molar refractivity (Wildman–Crippen MR) is 114 cm³/mol. The second-order valence-corrected chi connectivity index (χ2v) is 8.14. The molecule has 0 saturated heterocycles. The molecule has 4 rings (SSSR count). The molecule has 2 fully saturated rings. The van der Waals surface area contributed by atoms with Crippen LogP contribution in [0.1, 0.15) is 47.2 Å². The number of carbonyl (C=O) groups is 3. The molecule has 3 amide bonds. The van der Waals surface area contributed by atoms with Gasteiger partial charge in [0.05, 0.1) is 13.0 Å². The third-order valence-electron chi connectivity index (χ3n) is 5.43. The highest BCUT2D eigenvalue weighted by molar-refractivity contribution is 5.94. The van der Waals surface area contributed by atoms with Crippen LogP contribution in [-0.2, 0) is 22.6 Å². The second-order valence-electron chi connectivity index (χ2n) is 8.14. The lowest BCUT2D eigenvalue weighted by Crippen LogP contribution is -2.41. The van der Waals surface area contributed by atoms with Crippen molar-refractivity contribution in [3.63, 3.8) is 0 Å². The van der Waals surface area contributed by atoms with E-state index in [2.05, 4.69) is 10.6 Å². The van der Waals surface area contributed by atoms with Gasteiger partial charge in [0, 0.05) is 24.2 Å². The average molecular weight is 405 g/mol. The Morgan fingerprint density at radius 3 is 2.20 bits per heavy atom. The molecule has 0 radical (unpaired) electrons. The maximum absolute atomic E-state index is 12.7. The summed E-state index contributed by atoms with van der Waals surface area (Å²) in [6.45, 7) is 0.493. The summed E-state index contributed by atoms with van der Waals surface area (Å²) in [5, 5.41) is 5.72. The summed E-state index contributed by atoms with van der Waals surface area (Å²) in [4.78, 5) is 38.8. The van der Waals surface area contributed by atoms with E-state index in [1.165, 1.54) is 0 Å². The minimum atomic E-state index is -0.156. The van der Waals surface area contributed by atoms with Gasteiger partial charge in [0.25, 0.3) is 5.91 Å². The van der Waals surface area contributed by atoms with E-state index >= 15 is 0 Å². The van der Waals surface area contributed by atoms with Crippen molar-refractivity contribution in [2.45, 2.75) is 50.7 Å². The fraction of sp³-hybridized carbons (Fsp3) is 0.375. The Labute approximate surface area is 176 Å². The molecule has 2 aromatic rings. The predicted octanol–water partition coefficient (Wildman–Crippen LogP) is 2.43. The summed E-state index contributed by atoms with van der Waals surface area (Å²) in [6, 6.07) is 17.5. The Morgan fingerprint density at radius 1 is 0.867 bits per heavy atom. The van der Waals surface area contributed by atoms with Crippen LogP contribution in [0, 0.1) is 0 Å². The van der Waals surface area contributed by atoms with Crippen molar-refractivity contribution in [2.24, 2.45) is 0 Å². The number of rotatable bonds is 9. The third-order valence-corrected chi connectivity index (χ3v) is 5.43. The summed E-state index contributed by atoms with van der Waals surface area (Å²) < 4.78 is 0. The Balaban J connectivity index is 1.29. The van der Waals surface area contributed by atoms with Gasteiger partial charge >= 0.3 is 0 Å². The lowest BCUT2D eigenvalue weighted by atomic mass is 10.1. The SMILES string of the molecule is O=C(Cc1ccccc1)NCC(=O)N(Cc1ccc(C(=O)NC2CC2)cc1)C1CC1. The molecule has 0 aromatic heterocycles. The summed E-state index contributed by atoms with van der Waals surface area (Å²) >= 11 is 0. The normalized spacial score (nSPS) is 15.3. The van der Waals surface area contributed by atoms with Crippen molar-refractivity contribution in [1.29, 1.82) is 0 Å². The summed E-state index contributed by atoms with van der Waals surface area (Å²) in [7, 11) is 0. The molecular formula is C24H27N3O3. The number of amides is 3. The Kier molecular flexibility index (Phi) is 6.12. The van der Waals surface area contributed by atoms with Crippen LogP contribution in [0.2, 0.25) is 0 Å². The van der Waals surface area contributed by atoms with Crippen LogP contribution in [0.4, 0.5) is 0 Å². The highest BCUT2D eigenvalue weighted by Crippen LogP contribution is 2.28. The zero-order valence-electron chi connectivity index (χ0n) is 17.0. The first kappa shape index (κ1) is 20.1. The van der Waals surface area contributed by atoms with E-state index in [-0.39, 0.29) is 36.7 Å². The van der Waals surface area contributed by atoms with Crippen LogP contribution in [0.3, 0.4) is 0 Å². The fourth-order valence-corrected chi connectivity index (χ4v) is 3.38. The molecule has 2 saturated carbocycles. The van der Waals surface area contributed by atoms with E-state index in [4.69, 9.17) is 0 Å². The molecule has 6 nitrogen and oxygen atoms in total. The third kappa shape index (κ3) is 5.69. The second kappa shape index (κ2) is 9.11. The molecule has 2 aromatic carbocycles. The lowest BCUT2D eigenvalue weighted by Gasteiger charge is -2.23. The molecule has 0 spiro atoms. The van der Waals surface area contributed by atoms with Crippen molar-refractivity contribution in [3.8, 4) is 0 Å². The monoisotopic (exact) mass is 405 g/mol. The maximum atomic E-state index is 12.7. The quantitative estimate of drug-likeness (QED) is 0.673. The highest BCUT2D eigenvalue weighted by atomic mass is 16.2. The molecule has 0 aliphatic heterocycles. The zero-order valence-corrected chi connectivity index (χ0v) is 17.0. The van der Waals surface area contributed by atoms with Crippen molar-refractivity contribution < 1.29 is 14.4 Å². The van der Waals surface area contributed by atoms with Crippen LogP contribution in [0.15, 0.2) is 54.6 Å². The van der Waals surface area contributed by atoms with Crippen molar-refractivity contribution in [3.05, 3.63) is 71.3 Å². The van der Waals surface area contributed by atoms with E-state index in [1.807, 2.05) is 59.5 Å². The van der Waals surface area contributed by atoms with Crippen LogP contribution < -0.4 is 10.6 Å². The molecule has 156 valence electrons. The molecule has 0 atom stereocenters. The van der Waals surface area contributed by atoms with Gasteiger partial charge in [0.2, 0.25) is 11.8 Å². The molecule has 2 aliphatic rings. The first-order valence-corrected chi connectivity index (χ1v) is 10.6. The fourth-order valence-electron chi connectivity index (χ4n) is 3.38. The number of hydrogen-bond donors (Lipinski definition) is 2. The Hall–Kier alpha value is -3.15. The van der Waals surface area contributed by atoms with Crippen LogP contribution in [0.25, 0.3) is 0 Å². The van der Waals surface area contributed by atoms with Gasteiger partial charge in [-0.1, -0.05) is 42.5 Å². The molecule has 2 N–H and O–H groups in total. The van der Waals surface area contributed by atoms with E-state index in [0.717, 1.165) is 36.8 Å². The molecule has 30 heavy (non-hydrogen) atoms. The van der Waals surface area contributed by atoms with Gasteiger partial charge < -0.3 is 15.5 Å². The number of hydrogen-bond acceptors (Lipinski definition) is 3. The van der Waals surface area contributed by atoms with Gasteiger partial charge in [-0.2, -0.15) is 0 Å². The number of nitrogens with one attached hydrogen (secondary N) is 2. The van der Waals surface area contributed by atoms with Crippen molar-refractivity contribution in [1.82, 2.24) is 15.5 Å². The topological polar surface area (TPSA) is 78.5 Å². The van der Waals surface area contributed by atoms with Crippen LogP contribution in [0.5, 0.6) is 0 Å². The molecule has 2 aliphatic carbocycles. The average Bonchev–Trinajstić information content (AvgIpc) is 3.66. The Bertz CT molecular complexity index is 903. The minimum Gasteiger partial charge on any atom is -0.349 e. The number of carbonyl (C=O) groups excluding carboxylic acids is 3. The van der Waals surface area contributed by atoms with E-state index in [9.17, 15) is 14.4 Å². The summed E-state index contributed by atoms with van der Waals surface area (Å²) in [5.74, 6) is -0.272. The van der Waals surface area contributed by atoms with Gasteiger partial charge in [-0.15, -0.1) is 0 Å². The van der Waals surface area contributed by atoms with Crippen LogP contribution in [-0.4, -0.2) is 41.2 Å². The molecule has 0 unspecified atom stereocenters. The van der Waals surface area contributed by atoms with E-state index in [1.54, 1.807) is 0 Å². The highest BCUT2D eigenvalue weighted by Gasteiger charge is 2.32. The van der Waals surface area contributed by atoms with E-state index < -0.39 is 0 Å². The molecule has 6 heteroatoms. The zero-order chi connectivity index (χ0) is 20.9. The lowest BCUT2D eigenvalue weighted by molar-refractivity contribution is -0.133. The van der Waals surface area contributed by atoms with Crippen molar-refractivity contribution in [2.75, 3.05) is 6.54 Å². The first-order valence-electron chi connectivity index (χ1n) is 10.6. The summed E-state index contributed by atoms with van der Waals surface area (Å²) in [5.41, 5.74) is 2.55. The minimum absolute atomic E-state index is 0.00401. The van der Waals surface area contributed by atoms with E-state index in [0.29, 0.717) is 18.2 Å². The number of nitrogens with zero attached hydrogens (tertiary/aromatic N) is 1. The van der Waals surface area contributed by atoms with Gasteiger partial charge in [-0.25, -0.2) is 0 Å². The summed E-state index contributed by atoms with van der Waals surface area (Å²) in [6.07, 6.45) is 4.37.